The van der Waals surface area contributed by atoms with Crippen LogP contribution in [0.25, 0.3) is 0 Å². The van der Waals surface area contributed by atoms with Crippen LogP contribution in [0.3, 0.4) is 0 Å². The number of hydrogen-bond acceptors (Lipinski definition) is 6. The van der Waals surface area contributed by atoms with E-state index in [9.17, 15) is 9.59 Å². The number of aromatic nitrogens is 1. The molecule has 1 saturated heterocycles. The fourth-order valence-electron chi connectivity index (χ4n) is 6.23. The number of benzene rings is 2. The summed E-state index contributed by atoms with van der Waals surface area (Å²) in [5.41, 5.74) is 9.67. The average Bonchev–Trinajstić information content (AvgIpc) is 3.38. The number of anilines is 3. The number of ether oxygens (including phenoxy) is 1. The van der Waals surface area contributed by atoms with Crippen molar-refractivity contribution in [3.05, 3.63) is 85.8 Å². The van der Waals surface area contributed by atoms with E-state index in [4.69, 9.17) is 4.74 Å². The summed E-state index contributed by atoms with van der Waals surface area (Å²) in [7, 11) is 4.13. The van der Waals surface area contributed by atoms with E-state index in [1.807, 2.05) is 32.9 Å². The van der Waals surface area contributed by atoms with Crippen molar-refractivity contribution in [2.24, 2.45) is 0 Å². The minimum absolute atomic E-state index is 0.155. The van der Waals surface area contributed by atoms with Crippen LogP contribution in [0.5, 0.6) is 0 Å². The van der Waals surface area contributed by atoms with Gasteiger partial charge in [0.1, 0.15) is 0 Å². The van der Waals surface area contributed by atoms with E-state index in [0.29, 0.717) is 17.2 Å². The average molecular weight is 558 g/mol. The highest BCUT2D eigenvalue weighted by Gasteiger charge is 2.27. The molecule has 8 heteroatoms. The molecule has 218 valence electrons. The molecule has 0 spiro atoms. The highest BCUT2D eigenvalue weighted by molar-refractivity contribution is 5.98. The molecular formula is C33H43N5O3. The van der Waals surface area contributed by atoms with Crippen LogP contribution in [0, 0.1) is 20.8 Å². The first-order valence-corrected chi connectivity index (χ1v) is 14.7. The van der Waals surface area contributed by atoms with Gasteiger partial charge in [0, 0.05) is 93.4 Å². The van der Waals surface area contributed by atoms with Crippen molar-refractivity contribution < 1.29 is 9.53 Å². The molecule has 3 heterocycles. The monoisotopic (exact) mass is 557 g/mol. The van der Waals surface area contributed by atoms with E-state index in [-0.39, 0.29) is 18.0 Å². The van der Waals surface area contributed by atoms with Gasteiger partial charge in [-0.05, 0) is 93.1 Å². The predicted octanol–water partition coefficient (Wildman–Crippen LogP) is 4.82. The summed E-state index contributed by atoms with van der Waals surface area (Å²) in [6, 6.07) is 13.2. The lowest BCUT2D eigenvalue weighted by molar-refractivity contribution is 0.0846. The minimum Gasteiger partial charge on any atom is -0.381 e. The van der Waals surface area contributed by atoms with Crippen LogP contribution in [-0.4, -0.2) is 50.8 Å². The number of amides is 1. The summed E-state index contributed by atoms with van der Waals surface area (Å²) in [6.45, 7) is 12.1. The Morgan fingerprint density at radius 2 is 1.78 bits per heavy atom. The molecule has 1 amide bonds. The summed E-state index contributed by atoms with van der Waals surface area (Å²) >= 11 is 0. The molecule has 0 radical (unpaired) electrons. The number of carbonyl (C=O) groups excluding carboxylic acids is 1. The number of H-pyrrole nitrogens is 1. The third-order valence-electron chi connectivity index (χ3n) is 8.60. The van der Waals surface area contributed by atoms with Crippen molar-refractivity contribution in [2.75, 3.05) is 48.6 Å². The molecular weight excluding hydrogens is 514 g/mol. The Kier molecular flexibility index (Phi) is 8.40. The molecule has 1 fully saturated rings. The molecule has 3 aromatic rings. The molecule has 0 aliphatic carbocycles. The molecule has 0 atom stereocenters. The summed E-state index contributed by atoms with van der Waals surface area (Å²) < 4.78 is 5.66. The lowest BCUT2D eigenvalue weighted by Crippen LogP contribution is -2.40. The molecule has 1 aromatic heterocycles. The van der Waals surface area contributed by atoms with Crippen LogP contribution in [0.2, 0.25) is 0 Å². The van der Waals surface area contributed by atoms with Gasteiger partial charge < -0.3 is 29.7 Å². The molecule has 8 nitrogen and oxygen atoms in total. The fourth-order valence-corrected chi connectivity index (χ4v) is 6.23. The second-order valence-corrected chi connectivity index (χ2v) is 11.6. The van der Waals surface area contributed by atoms with Crippen LogP contribution in [-0.2, 0) is 24.4 Å². The largest absolute Gasteiger partial charge is 0.381 e. The molecule has 5 rings (SSSR count). The third kappa shape index (κ3) is 5.98. The number of aryl methyl sites for hydroxylation is 2. The molecule has 2 aliphatic heterocycles. The van der Waals surface area contributed by atoms with Crippen molar-refractivity contribution in [1.82, 2.24) is 10.3 Å². The molecule has 2 aromatic carbocycles. The van der Waals surface area contributed by atoms with Gasteiger partial charge in [0.25, 0.3) is 11.5 Å². The van der Waals surface area contributed by atoms with Crippen molar-refractivity contribution in [3.63, 3.8) is 0 Å². The Hall–Kier alpha value is -3.78. The highest BCUT2D eigenvalue weighted by Crippen LogP contribution is 2.37. The SMILES string of the molecule is CCN(c1cc(N2Cc3ccc(N(C)C)cc3C2)cc(C(=O)NCc2c(C)cc(C)[nH]c2=O)c1C)C1CCOCC1. The van der Waals surface area contributed by atoms with Gasteiger partial charge in [-0.2, -0.15) is 0 Å². The van der Waals surface area contributed by atoms with Gasteiger partial charge in [-0.15, -0.1) is 0 Å². The maximum absolute atomic E-state index is 13.8. The molecule has 0 saturated carbocycles. The highest BCUT2D eigenvalue weighted by atomic mass is 16.5. The van der Waals surface area contributed by atoms with Gasteiger partial charge in [0.2, 0.25) is 0 Å². The van der Waals surface area contributed by atoms with Crippen LogP contribution in [0.1, 0.15) is 63.6 Å². The van der Waals surface area contributed by atoms with Crippen molar-refractivity contribution >= 4 is 23.0 Å². The van der Waals surface area contributed by atoms with E-state index < -0.39 is 0 Å². The fraction of sp³-hybridized carbons (Fsp3) is 0.455. The Morgan fingerprint density at radius 1 is 1.05 bits per heavy atom. The maximum Gasteiger partial charge on any atom is 0.253 e. The second kappa shape index (κ2) is 12.0. The summed E-state index contributed by atoms with van der Waals surface area (Å²) in [4.78, 5) is 36.2. The zero-order chi connectivity index (χ0) is 29.3. The lowest BCUT2D eigenvalue weighted by Gasteiger charge is -2.37. The van der Waals surface area contributed by atoms with Crippen LogP contribution < -0.4 is 25.6 Å². The Morgan fingerprint density at radius 3 is 2.46 bits per heavy atom. The van der Waals surface area contributed by atoms with Gasteiger partial charge in [0.15, 0.2) is 0 Å². The van der Waals surface area contributed by atoms with Gasteiger partial charge in [-0.25, -0.2) is 0 Å². The van der Waals surface area contributed by atoms with E-state index in [0.717, 1.165) is 73.9 Å². The summed E-state index contributed by atoms with van der Waals surface area (Å²) in [5, 5.41) is 3.05. The van der Waals surface area contributed by atoms with Crippen LogP contribution >= 0.6 is 0 Å². The molecule has 0 unspecified atom stereocenters. The molecule has 41 heavy (non-hydrogen) atoms. The Labute approximate surface area is 243 Å². The number of rotatable bonds is 8. The smallest absolute Gasteiger partial charge is 0.253 e. The van der Waals surface area contributed by atoms with Crippen molar-refractivity contribution in [1.29, 1.82) is 0 Å². The molecule has 2 N–H and O–H groups in total. The minimum atomic E-state index is -0.167. The maximum atomic E-state index is 13.8. The number of pyridine rings is 1. The number of nitrogens with zero attached hydrogens (tertiary/aromatic N) is 3. The Bertz CT molecular complexity index is 1490. The van der Waals surface area contributed by atoms with E-state index >= 15 is 0 Å². The van der Waals surface area contributed by atoms with E-state index in [1.165, 1.54) is 16.8 Å². The number of fused-ring (bicyclic) bond motifs is 1. The molecule has 0 bridgehead atoms. The van der Waals surface area contributed by atoms with Crippen molar-refractivity contribution in [3.8, 4) is 0 Å². The lowest BCUT2D eigenvalue weighted by atomic mass is 9.99. The Balaban J connectivity index is 1.50. The van der Waals surface area contributed by atoms with Crippen LogP contribution in [0.15, 0.2) is 41.2 Å². The number of hydrogen-bond donors (Lipinski definition) is 2. The first-order chi connectivity index (χ1) is 19.7. The number of nitrogens with one attached hydrogen (secondary N) is 2. The summed E-state index contributed by atoms with van der Waals surface area (Å²) in [5.74, 6) is -0.167. The standard InChI is InChI=1S/C33H43N5O3/c1-7-38(26-10-12-41-13-11-26)31-17-28(37-19-24-8-9-27(36(5)6)15-25(24)20-37)16-29(23(31)4)32(39)34-18-30-21(2)14-22(3)35-33(30)40/h8-9,14-17,26H,7,10-13,18-20H2,1-6H3,(H,34,39)(H,35,40). The topological polar surface area (TPSA) is 80.9 Å². The number of carbonyl (C=O) groups is 1. The van der Waals surface area contributed by atoms with Gasteiger partial charge in [0.05, 0.1) is 0 Å². The van der Waals surface area contributed by atoms with Gasteiger partial charge in [-0.1, -0.05) is 6.07 Å². The zero-order valence-corrected chi connectivity index (χ0v) is 25.3. The van der Waals surface area contributed by atoms with Crippen LogP contribution in [0.4, 0.5) is 17.1 Å². The van der Waals surface area contributed by atoms with E-state index in [1.54, 1.807) is 0 Å². The quantitative estimate of drug-likeness (QED) is 0.413. The summed E-state index contributed by atoms with van der Waals surface area (Å²) in [6.07, 6.45) is 1.94. The van der Waals surface area contributed by atoms with Gasteiger partial charge >= 0.3 is 0 Å². The first-order valence-electron chi connectivity index (χ1n) is 14.7. The normalized spacial score (nSPS) is 15.1. The molecule has 2 aliphatic rings. The second-order valence-electron chi connectivity index (χ2n) is 11.6. The van der Waals surface area contributed by atoms with Gasteiger partial charge in [-0.3, -0.25) is 9.59 Å². The third-order valence-corrected chi connectivity index (χ3v) is 8.60. The van der Waals surface area contributed by atoms with Crippen molar-refractivity contribution in [2.45, 2.75) is 66.2 Å². The first kappa shape index (κ1) is 28.7. The predicted molar refractivity (Wildman–Crippen MR) is 166 cm³/mol. The van der Waals surface area contributed by atoms with E-state index in [2.05, 4.69) is 70.3 Å². The number of aromatic amines is 1. The zero-order valence-electron chi connectivity index (χ0n) is 25.3.